The Kier molecular flexibility index (Phi) is 4.15. The Morgan fingerprint density at radius 1 is 1.43 bits per heavy atom. The lowest BCUT2D eigenvalue weighted by molar-refractivity contribution is -0.384. The van der Waals surface area contributed by atoms with Crippen molar-refractivity contribution in [3.8, 4) is 6.07 Å². The highest BCUT2D eigenvalue weighted by Crippen LogP contribution is 2.33. The molecule has 23 heavy (non-hydrogen) atoms. The number of rotatable bonds is 5. The quantitative estimate of drug-likeness (QED) is 0.663. The number of amides is 1. The second-order valence-corrected chi connectivity index (χ2v) is 6.19. The van der Waals surface area contributed by atoms with E-state index in [1.54, 1.807) is 12.1 Å². The lowest BCUT2D eigenvalue weighted by Gasteiger charge is -2.16. The third-order valence-corrected chi connectivity index (χ3v) is 4.43. The highest BCUT2D eigenvalue weighted by molar-refractivity contribution is 5.81. The van der Waals surface area contributed by atoms with Crippen LogP contribution in [0, 0.1) is 33.3 Å². The Morgan fingerprint density at radius 2 is 2.22 bits per heavy atom. The van der Waals surface area contributed by atoms with Crippen molar-refractivity contribution in [1.82, 2.24) is 4.90 Å². The van der Waals surface area contributed by atoms with Crippen LogP contribution in [-0.2, 0) is 4.79 Å². The minimum absolute atomic E-state index is 0.0899. The van der Waals surface area contributed by atoms with E-state index in [0.717, 1.165) is 25.8 Å². The van der Waals surface area contributed by atoms with Crippen molar-refractivity contribution in [3.05, 3.63) is 33.9 Å². The Morgan fingerprint density at radius 3 is 2.87 bits per heavy atom. The summed E-state index contributed by atoms with van der Waals surface area (Å²) >= 11 is 0. The maximum atomic E-state index is 12.0. The van der Waals surface area contributed by atoms with E-state index in [2.05, 4.69) is 5.32 Å². The van der Waals surface area contributed by atoms with Gasteiger partial charge in [-0.15, -0.1) is 0 Å². The van der Waals surface area contributed by atoms with Crippen molar-refractivity contribution in [2.24, 2.45) is 11.8 Å². The van der Waals surface area contributed by atoms with Gasteiger partial charge in [-0.3, -0.25) is 14.9 Å². The van der Waals surface area contributed by atoms with Crippen LogP contribution in [0.1, 0.15) is 24.8 Å². The van der Waals surface area contributed by atoms with Gasteiger partial charge < -0.3 is 10.2 Å². The van der Waals surface area contributed by atoms with Crippen LogP contribution in [-0.4, -0.2) is 35.4 Å². The summed E-state index contributed by atoms with van der Waals surface area (Å²) < 4.78 is 0. The van der Waals surface area contributed by atoms with Gasteiger partial charge in [-0.1, -0.05) is 0 Å². The van der Waals surface area contributed by atoms with Gasteiger partial charge in [0.05, 0.1) is 16.6 Å². The van der Waals surface area contributed by atoms with E-state index in [1.165, 1.54) is 6.07 Å². The molecule has 0 aromatic heterocycles. The van der Waals surface area contributed by atoms with Crippen LogP contribution >= 0.6 is 0 Å². The first-order valence-electron chi connectivity index (χ1n) is 7.79. The van der Waals surface area contributed by atoms with E-state index in [-0.39, 0.29) is 23.1 Å². The van der Waals surface area contributed by atoms with E-state index in [0.29, 0.717) is 24.7 Å². The molecule has 2 fully saturated rings. The molecule has 1 heterocycles. The van der Waals surface area contributed by atoms with E-state index in [1.807, 2.05) is 11.0 Å². The number of nitro groups is 1. The van der Waals surface area contributed by atoms with Gasteiger partial charge in [0.15, 0.2) is 0 Å². The summed E-state index contributed by atoms with van der Waals surface area (Å²) in [6.07, 6.45) is 2.93. The minimum atomic E-state index is -0.485. The van der Waals surface area contributed by atoms with Gasteiger partial charge >= 0.3 is 0 Å². The number of carbonyl (C=O) groups excluding carboxylic acids is 1. The van der Waals surface area contributed by atoms with Crippen LogP contribution in [0.15, 0.2) is 18.2 Å². The zero-order chi connectivity index (χ0) is 16.4. The summed E-state index contributed by atoms with van der Waals surface area (Å²) in [6, 6.07) is 6.31. The van der Waals surface area contributed by atoms with E-state index in [9.17, 15) is 14.9 Å². The minimum Gasteiger partial charge on any atom is -0.379 e. The average molecular weight is 314 g/mol. The highest BCUT2D eigenvalue weighted by atomic mass is 16.6. The lowest BCUT2D eigenvalue weighted by Crippen LogP contribution is -2.30. The van der Waals surface area contributed by atoms with Crippen LogP contribution < -0.4 is 5.32 Å². The highest BCUT2D eigenvalue weighted by Gasteiger charge is 2.36. The number of nitrogens with zero attached hydrogens (tertiary/aromatic N) is 3. The van der Waals surface area contributed by atoms with E-state index < -0.39 is 4.92 Å². The SMILES string of the molecule is N#Cc1ccc(NCC2CCN(C(=O)C3CC3)C2)c([N+](=O)[O-])c1. The number of anilines is 1. The number of nitriles is 1. The third kappa shape index (κ3) is 3.42. The zero-order valence-corrected chi connectivity index (χ0v) is 12.7. The Balaban J connectivity index is 1.59. The summed E-state index contributed by atoms with van der Waals surface area (Å²) in [4.78, 5) is 24.6. The molecule has 1 unspecified atom stereocenters. The first-order valence-corrected chi connectivity index (χ1v) is 7.79. The second kappa shape index (κ2) is 6.24. The van der Waals surface area contributed by atoms with Crippen LogP contribution in [0.25, 0.3) is 0 Å². The zero-order valence-electron chi connectivity index (χ0n) is 12.7. The Bertz CT molecular complexity index is 678. The smallest absolute Gasteiger partial charge is 0.293 e. The molecule has 1 saturated heterocycles. The first kappa shape index (κ1) is 15.3. The standard InChI is InChI=1S/C16H18N4O3/c17-8-11-1-4-14(15(7-11)20(22)23)18-9-12-5-6-19(10-12)16(21)13-2-3-13/h1,4,7,12-13,18H,2-3,5-6,9-10H2. The molecule has 1 aromatic rings. The Labute approximate surface area is 134 Å². The van der Waals surface area contributed by atoms with Crippen molar-refractivity contribution in [2.75, 3.05) is 25.0 Å². The summed E-state index contributed by atoms with van der Waals surface area (Å²) in [7, 11) is 0. The van der Waals surface area contributed by atoms with Gasteiger partial charge in [0.2, 0.25) is 5.91 Å². The van der Waals surface area contributed by atoms with Gasteiger partial charge in [-0.05, 0) is 37.3 Å². The normalized spacial score (nSPS) is 20.1. The van der Waals surface area contributed by atoms with Gasteiger partial charge in [-0.25, -0.2) is 0 Å². The molecule has 1 aromatic carbocycles. The van der Waals surface area contributed by atoms with E-state index in [4.69, 9.17) is 5.26 Å². The summed E-state index contributed by atoms with van der Waals surface area (Å²) in [6.45, 7) is 2.07. The average Bonchev–Trinajstić information content (AvgIpc) is 3.30. The van der Waals surface area contributed by atoms with Crippen LogP contribution in [0.5, 0.6) is 0 Å². The molecule has 1 aliphatic heterocycles. The topological polar surface area (TPSA) is 99.3 Å². The summed E-state index contributed by atoms with van der Waals surface area (Å²) in [5.74, 6) is 0.797. The summed E-state index contributed by atoms with van der Waals surface area (Å²) in [5, 5.41) is 23.1. The number of likely N-dealkylation sites (tertiary alicyclic amines) is 1. The molecule has 1 saturated carbocycles. The largest absolute Gasteiger partial charge is 0.379 e. The maximum absolute atomic E-state index is 12.0. The van der Waals surface area contributed by atoms with Gasteiger partial charge in [0, 0.05) is 31.6 Å². The van der Waals surface area contributed by atoms with Crippen molar-refractivity contribution in [2.45, 2.75) is 19.3 Å². The summed E-state index contributed by atoms with van der Waals surface area (Å²) in [5.41, 5.74) is 0.596. The molecule has 0 radical (unpaired) electrons. The molecular weight excluding hydrogens is 296 g/mol. The lowest BCUT2D eigenvalue weighted by atomic mass is 10.1. The fourth-order valence-electron chi connectivity index (χ4n) is 2.94. The molecule has 120 valence electrons. The predicted molar refractivity (Wildman–Crippen MR) is 83.7 cm³/mol. The van der Waals surface area contributed by atoms with Crippen molar-refractivity contribution in [1.29, 1.82) is 5.26 Å². The van der Waals surface area contributed by atoms with Crippen molar-refractivity contribution < 1.29 is 9.72 Å². The molecule has 1 atom stereocenters. The van der Waals surface area contributed by atoms with Crippen molar-refractivity contribution in [3.63, 3.8) is 0 Å². The van der Waals surface area contributed by atoms with Crippen LogP contribution in [0.2, 0.25) is 0 Å². The molecule has 1 aliphatic carbocycles. The molecule has 3 rings (SSSR count). The van der Waals surface area contributed by atoms with E-state index >= 15 is 0 Å². The second-order valence-electron chi connectivity index (χ2n) is 6.19. The molecular formula is C16H18N4O3. The predicted octanol–water partition coefficient (Wildman–Crippen LogP) is 2.14. The molecule has 7 heteroatoms. The van der Waals surface area contributed by atoms with Crippen LogP contribution in [0.4, 0.5) is 11.4 Å². The molecule has 1 N–H and O–H groups in total. The fourth-order valence-corrected chi connectivity index (χ4v) is 2.94. The van der Waals surface area contributed by atoms with Crippen LogP contribution in [0.3, 0.4) is 0 Å². The molecule has 2 aliphatic rings. The monoisotopic (exact) mass is 314 g/mol. The van der Waals surface area contributed by atoms with Gasteiger partial charge in [-0.2, -0.15) is 5.26 Å². The molecule has 0 spiro atoms. The number of nitro benzene ring substituents is 1. The number of hydrogen-bond donors (Lipinski definition) is 1. The maximum Gasteiger partial charge on any atom is 0.293 e. The number of hydrogen-bond acceptors (Lipinski definition) is 5. The number of carbonyl (C=O) groups is 1. The number of nitrogens with one attached hydrogen (secondary N) is 1. The fraction of sp³-hybridized carbons (Fsp3) is 0.500. The molecule has 7 nitrogen and oxygen atoms in total. The molecule has 1 amide bonds. The van der Waals surface area contributed by atoms with Crippen molar-refractivity contribution >= 4 is 17.3 Å². The number of benzene rings is 1. The first-order chi connectivity index (χ1) is 11.1. The van der Waals surface area contributed by atoms with Gasteiger partial charge in [0.1, 0.15) is 5.69 Å². The third-order valence-electron chi connectivity index (χ3n) is 4.43. The van der Waals surface area contributed by atoms with Gasteiger partial charge in [0.25, 0.3) is 5.69 Å². The molecule has 0 bridgehead atoms. The Hall–Kier alpha value is -2.62.